The molecule has 172 valence electrons. The Labute approximate surface area is 181 Å². The molecule has 0 bridgehead atoms. The molecule has 30 heavy (non-hydrogen) atoms. The predicted octanol–water partition coefficient (Wildman–Crippen LogP) is 4.78. The van der Waals surface area contributed by atoms with Crippen molar-refractivity contribution in [3.05, 3.63) is 35.4 Å². The lowest BCUT2D eigenvalue weighted by molar-refractivity contribution is -0.134. The van der Waals surface area contributed by atoms with E-state index in [4.69, 9.17) is 14.3 Å². The standard InChI is InChI=1S/C22H36NO5P.H3N/c1-2-19-13-15-20(16-14-19)10-7-5-3-4-6-8-12-22(24)23-17-9-11-21(18-23)28-29(25,26)27;/h13-16,21H,2-12,17-18H2,1H3,(H2,25,26,27);1H3/t21-;/m1./s1. The number of aryl methyl sites for hydroxylation is 2. The highest BCUT2D eigenvalue weighted by Crippen LogP contribution is 2.39. The molecule has 1 aliphatic heterocycles. The lowest BCUT2D eigenvalue weighted by Crippen LogP contribution is -2.42. The van der Waals surface area contributed by atoms with E-state index < -0.39 is 13.9 Å². The number of phosphoric ester groups is 1. The van der Waals surface area contributed by atoms with Crippen LogP contribution in [0.15, 0.2) is 24.3 Å². The summed E-state index contributed by atoms with van der Waals surface area (Å²) < 4.78 is 15.7. The number of carbonyl (C=O) groups is 1. The summed E-state index contributed by atoms with van der Waals surface area (Å²) >= 11 is 0. The van der Waals surface area contributed by atoms with Gasteiger partial charge in [-0.1, -0.05) is 56.9 Å². The molecule has 8 heteroatoms. The van der Waals surface area contributed by atoms with Crippen LogP contribution in [0.5, 0.6) is 0 Å². The minimum Gasteiger partial charge on any atom is -0.344 e. The van der Waals surface area contributed by atoms with Gasteiger partial charge >= 0.3 is 7.82 Å². The average Bonchev–Trinajstić information content (AvgIpc) is 2.69. The highest BCUT2D eigenvalue weighted by molar-refractivity contribution is 7.46. The fourth-order valence-corrected chi connectivity index (χ4v) is 4.42. The summed E-state index contributed by atoms with van der Waals surface area (Å²) in [5.41, 5.74) is 2.80. The Balaban J connectivity index is 0.00000450. The van der Waals surface area contributed by atoms with Crippen LogP contribution in [0.4, 0.5) is 0 Å². The Morgan fingerprint density at radius 2 is 1.67 bits per heavy atom. The van der Waals surface area contributed by atoms with Crippen LogP contribution in [0.2, 0.25) is 0 Å². The van der Waals surface area contributed by atoms with E-state index in [1.165, 1.54) is 30.4 Å². The Bertz CT molecular complexity index is 662. The molecular formula is C22H39N2O5P. The van der Waals surface area contributed by atoms with Gasteiger partial charge in [0, 0.05) is 19.5 Å². The van der Waals surface area contributed by atoms with Crippen molar-refractivity contribution in [2.75, 3.05) is 13.1 Å². The van der Waals surface area contributed by atoms with Gasteiger partial charge in [-0.2, -0.15) is 0 Å². The van der Waals surface area contributed by atoms with Crippen molar-refractivity contribution in [2.45, 2.75) is 83.7 Å². The molecule has 0 radical (unpaired) electrons. The monoisotopic (exact) mass is 442 g/mol. The number of hydrogen-bond acceptors (Lipinski definition) is 4. The van der Waals surface area contributed by atoms with Gasteiger partial charge in [0.2, 0.25) is 5.91 Å². The quantitative estimate of drug-likeness (QED) is 0.316. The molecular weight excluding hydrogens is 403 g/mol. The second-order valence-corrected chi connectivity index (χ2v) is 9.18. The first-order valence-corrected chi connectivity index (χ1v) is 12.5. The molecule has 1 fully saturated rings. The third-order valence-corrected chi connectivity index (χ3v) is 6.13. The first kappa shape index (κ1) is 26.8. The third-order valence-electron chi connectivity index (χ3n) is 5.55. The molecule has 0 unspecified atom stereocenters. The third kappa shape index (κ3) is 10.7. The molecule has 1 aromatic carbocycles. The number of likely N-dealkylation sites (tertiary alicyclic amines) is 1. The summed E-state index contributed by atoms with van der Waals surface area (Å²) in [6.07, 6.45) is 10.2. The zero-order valence-electron chi connectivity index (χ0n) is 18.3. The van der Waals surface area contributed by atoms with Crippen molar-refractivity contribution in [1.29, 1.82) is 0 Å². The zero-order chi connectivity index (χ0) is 21.1. The molecule has 5 N–H and O–H groups in total. The zero-order valence-corrected chi connectivity index (χ0v) is 19.2. The molecule has 7 nitrogen and oxygen atoms in total. The van der Waals surface area contributed by atoms with Crippen molar-refractivity contribution < 1.29 is 23.7 Å². The van der Waals surface area contributed by atoms with E-state index in [1.807, 2.05) is 0 Å². The molecule has 0 aromatic heterocycles. The van der Waals surface area contributed by atoms with Gasteiger partial charge in [-0.3, -0.25) is 9.32 Å². The summed E-state index contributed by atoms with van der Waals surface area (Å²) in [4.78, 5) is 31.9. The number of carbonyl (C=O) groups excluding carboxylic acids is 1. The maximum atomic E-state index is 12.3. The lowest BCUT2D eigenvalue weighted by Gasteiger charge is -2.32. The van der Waals surface area contributed by atoms with Crippen LogP contribution in [0.3, 0.4) is 0 Å². The summed E-state index contributed by atoms with van der Waals surface area (Å²) in [6.45, 7) is 3.11. The second-order valence-electron chi connectivity index (χ2n) is 7.99. The van der Waals surface area contributed by atoms with E-state index in [-0.39, 0.29) is 18.6 Å². The number of amides is 1. The molecule has 1 saturated heterocycles. The van der Waals surface area contributed by atoms with Crippen molar-refractivity contribution in [3.8, 4) is 0 Å². The van der Waals surface area contributed by atoms with Gasteiger partial charge in [-0.05, 0) is 49.7 Å². The maximum Gasteiger partial charge on any atom is 0.469 e. The van der Waals surface area contributed by atoms with Crippen molar-refractivity contribution in [1.82, 2.24) is 11.1 Å². The minimum absolute atomic E-state index is 0. The van der Waals surface area contributed by atoms with E-state index in [0.717, 1.165) is 38.5 Å². The number of phosphoric acid groups is 1. The predicted molar refractivity (Wildman–Crippen MR) is 120 cm³/mol. The number of hydrogen-bond donors (Lipinski definition) is 3. The van der Waals surface area contributed by atoms with Gasteiger partial charge in [0.15, 0.2) is 0 Å². The first-order chi connectivity index (χ1) is 13.9. The van der Waals surface area contributed by atoms with Crippen LogP contribution in [0.25, 0.3) is 0 Å². The smallest absolute Gasteiger partial charge is 0.344 e. The fourth-order valence-electron chi connectivity index (χ4n) is 3.86. The average molecular weight is 443 g/mol. The Hall–Kier alpha value is -1.24. The van der Waals surface area contributed by atoms with E-state index >= 15 is 0 Å². The van der Waals surface area contributed by atoms with Crippen LogP contribution < -0.4 is 6.15 Å². The SMILES string of the molecule is CCc1ccc(CCCCCCCCC(=O)N2CCC[C@@H](OP(=O)(O)O)C2)cc1.N. The lowest BCUT2D eigenvalue weighted by atomic mass is 10.0. The molecule has 0 aliphatic carbocycles. The molecule has 0 spiro atoms. The van der Waals surface area contributed by atoms with Gasteiger partial charge in [0.05, 0.1) is 6.10 Å². The van der Waals surface area contributed by atoms with E-state index in [2.05, 4.69) is 31.2 Å². The molecule has 1 amide bonds. The number of unbranched alkanes of at least 4 members (excludes halogenated alkanes) is 5. The second kappa shape index (κ2) is 13.9. The maximum absolute atomic E-state index is 12.3. The highest BCUT2D eigenvalue weighted by Gasteiger charge is 2.29. The summed E-state index contributed by atoms with van der Waals surface area (Å²) in [5.74, 6) is 0.0690. The number of benzene rings is 1. The summed E-state index contributed by atoms with van der Waals surface area (Å²) in [5, 5.41) is 0. The number of piperidine rings is 1. The normalized spacial score (nSPS) is 16.9. The first-order valence-electron chi connectivity index (χ1n) is 11.0. The van der Waals surface area contributed by atoms with Gasteiger partial charge in [-0.15, -0.1) is 0 Å². The summed E-state index contributed by atoms with van der Waals surface area (Å²) in [6, 6.07) is 8.91. The van der Waals surface area contributed by atoms with Crippen molar-refractivity contribution in [3.63, 3.8) is 0 Å². The molecule has 1 aliphatic rings. The Kier molecular flexibility index (Phi) is 12.5. The Morgan fingerprint density at radius 3 is 2.30 bits per heavy atom. The summed E-state index contributed by atoms with van der Waals surface area (Å²) in [7, 11) is -4.49. The van der Waals surface area contributed by atoms with E-state index in [9.17, 15) is 9.36 Å². The van der Waals surface area contributed by atoms with Crippen LogP contribution in [-0.2, 0) is 26.7 Å². The molecule has 0 saturated carbocycles. The van der Waals surface area contributed by atoms with E-state index in [1.54, 1.807) is 4.90 Å². The van der Waals surface area contributed by atoms with Crippen LogP contribution in [0, 0.1) is 0 Å². The van der Waals surface area contributed by atoms with Gasteiger partial charge in [0.1, 0.15) is 0 Å². The topological polar surface area (TPSA) is 122 Å². The molecule has 1 heterocycles. The van der Waals surface area contributed by atoms with Gasteiger partial charge in [-0.25, -0.2) is 4.57 Å². The molecule has 2 rings (SSSR count). The number of rotatable bonds is 12. The van der Waals surface area contributed by atoms with Crippen molar-refractivity contribution >= 4 is 13.7 Å². The minimum atomic E-state index is -4.49. The highest BCUT2D eigenvalue weighted by atomic mass is 31.2. The number of nitrogens with zero attached hydrogens (tertiary/aromatic N) is 1. The van der Waals surface area contributed by atoms with Gasteiger partial charge < -0.3 is 20.8 Å². The van der Waals surface area contributed by atoms with Crippen molar-refractivity contribution in [2.24, 2.45) is 0 Å². The van der Waals surface area contributed by atoms with Crippen LogP contribution >= 0.6 is 7.82 Å². The molecule has 1 atom stereocenters. The van der Waals surface area contributed by atoms with E-state index in [0.29, 0.717) is 19.4 Å². The fraction of sp³-hybridized carbons (Fsp3) is 0.682. The van der Waals surface area contributed by atoms with Gasteiger partial charge in [0.25, 0.3) is 0 Å². The largest absolute Gasteiger partial charge is 0.469 e. The Morgan fingerprint density at radius 1 is 1.07 bits per heavy atom. The molecule has 1 aromatic rings. The van der Waals surface area contributed by atoms with Crippen LogP contribution in [0.1, 0.15) is 75.8 Å². The van der Waals surface area contributed by atoms with Crippen LogP contribution in [-0.4, -0.2) is 39.8 Å².